The number of nitrogen functional groups attached to an aromatic ring is 1. The largest absolute Gasteiger partial charge is 0.481 e. The molecule has 3 N–H and O–H groups in total. The fourth-order valence-corrected chi connectivity index (χ4v) is 4.97. The molecular weight excluding hydrogens is 460 g/mol. The standard InChI is InChI=1S/C27H28N4O5/c28-24-23-25(30-27(29-24)36-21-4-2-1-3-5-21)35-15-14-31(26(23)34)20-12-10-19(11-13-20)18-8-6-17(7-9-18)16-22(32)33/h1-5,10-13,17-18H,6-9,14-16H2,(H,32,33)(H2,28,29,30). The second-order valence-corrected chi connectivity index (χ2v) is 9.20. The van der Waals surface area contributed by atoms with Crippen molar-refractivity contribution in [1.29, 1.82) is 0 Å². The van der Waals surface area contributed by atoms with Gasteiger partial charge in [-0.2, -0.15) is 9.97 Å². The van der Waals surface area contributed by atoms with Crippen molar-refractivity contribution in [2.45, 2.75) is 38.0 Å². The van der Waals surface area contributed by atoms with Crippen LogP contribution in [-0.2, 0) is 4.79 Å². The van der Waals surface area contributed by atoms with E-state index in [2.05, 4.69) is 9.97 Å². The third-order valence-electron chi connectivity index (χ3n) is 6.83. The third-order valence-corrected chi connectivity index (χ3v) is 6.83. The molecule has 2 aromatic carbocycles. The molecule has 0 radical (unpaired) electrons. The minimum atomic E-state index is -0.721. The smallest absolute Gasteiger partial charge is 0.327 e. The van der Waals surface area contributed by atoms with Crippen molar-refractivity contribution >= 4 is 23.4 Å². The van der Waals surface area contributed by atoms with Crippen molar-refractivity contribution in [2.75, 3.05) is 23.8 Å². The number of carbonyl (C=O) groups excluding carboxylic acids is 1. The number of carbonyl (C=O) groups is 2. The molecule has 1 aliphatic heterocycles. The van der Waals surface area contributed by atoms with Crippen molar-refractivity contribution in [2.24, 2.45) is 5.92 Å². The number of aromatic nitrogens is 2. The first-order chi connectivity index (χ1) is 17.5. The molecule has 5 rings (SSSR count). The Morgan fingerprint density at radius 3 is 2.47 bits per heavy atom. The van der Waals surface area contributed by atoms with Crippen LogP contribution in [0.15, 0.2) is 54.6 Å². The molecule has 0 unspecified atom stereocenters. The average Bonchev–Trinajstić information content (AvgIpc) is 3.04. The van der Waals surface area contributed by atoms with Crippen molar-refractivity contribution in [1.82, 2.24) is 9.97 Å². The highest BCUT2D eigenvalue weighted by Gasteiger charge is 2.30. The van der Waals surface area contributed by atoms with E-state index in [-0.39, 0.29) is 48.1 Å². The number of benzene rings is 2. The number of hydrogen-bond donors (Lipinski definition) is 2. The van der Waals surface area contributed by atoms with Gasteiger partial charge in [-0.05, 0) is 67.3 Å². The van der Waals surface area contributed by atoms with Crippen LogP contribution in [0.4, 0.5) is 11.5 Å². The summed E-state index contributed by atoms with van der Waals surface area (Å²) >= 11 is 0. The van der Waals surface area contributed by atoms with Gasteiger partial charge in [0.1, 0.15) is 23.7 Å². The number of nitrogens with zero attached hydrogens (tertiary/aromatic N) is 3. The molecule has 0 saturated heterocycles. The van der Waals surface area contributed by atoms with Crippen LogP contribution >= 0.6 is 0 Å². The van der Waals surface area contributed by atoms with E-state index in [9.17, 15) is 9.59 Å². The van der Waals surface area contributed by atoms with Crippen LogP contribution in [-0.4, -0.2) is 40.1 Å². The molecule has 1 amide bonds. The molecular formula is C27H28N4O5. The lowest BCUT2D eigenvalue weighted by atomic mass is 9.77. The molecule has 0 atom stereocenters. The quantitative estimate of drug-likeness (QED) is 0.514. The molecule has 1 saturated carbocycles. The van der Waals surface area contributed by atoms with Gasteiger partial charge in [0.05, 0.1) is 6.54 Å². The maximum Gasteiger partial charge on any atom is 0.327 e. The van der Waals surface area contributed by atoms with E-state index in [0.717, 1.165) is 31.4 Å². The highest BCUT2D eigenvalue weighted by atomic mass is 16.5. The van der Waals surface area contributed by atoms with Gasteiger partial charge in [-0.3, -0.25) is 9.59 Å². The fraction of sp³-hybridized carbons (Fsp3) is 0.333. The van der Waals surface area contributed by atoms with Crippen LogP contribution in [0.5, 0.6) is 17.6 Å². The second-order valence-electron chi connectivity index (χ2n) is 9.20. The minimum Gasteiger partial charge on any atom is -0.481 e. The summed E-state index contributed by atoms with van der Waals surface area (Å²) in [5.74, 6) is 0.274. The molecule has 9 nitrogen and oxygen atoms in total. The summed E-state index contributed by atoms with van der Waals surface area (Å²) in [4.78, 5) is 34.5. The Balaban J connectivity index is 1.31. The number of para-hydroxylation sites is 1. The fourth-order valence-electron chi connectivity index (χ4n) is 4.97. The average molecular weight is 489 g/mol. The predicted octanol–water partition coefficient (Wildman–Crippen LogP) is 4.64. The van der Waals surface area contributed by atoms with E-state index in [1.54, 1.807) is 17.0 Å². The minimum absolute atomic E-state index is 0.00225. The number of carboxylic acids is 1. The Morgan fingerprint density at radius 1 is 1.06 bits per heavy atom. The van der Waals surface area contributed by atoms with Crippen LogP contribution in [0.2, 0.25) is 0 Å². The highest BCUT2D eigenvalue weighted by Crippen LogP contribution is 2.38. The first kappa shape index (κ1) is 23.6. The Hall–Kier alpha value is -4.14. The zero-order chi connectivity index (χ0) is 25.1. The SMILES string of the molecule is Nc1nc(Oc2ccccc2)nc2c1C(=O)N(c1ccc(C3CCC(CC(=O)O)CC3)cc1)CCO2. The van der Waals surface area contributed by atoms with E-state index < -0.39 is 5.97 Å². The summed E-state index contributed by atoms with van der Waals surface area (Å²) in [6, 6.07) is 17.1. The number of anilines is 2. The van der Waals surface area contributed by atoms with E-state index in [4.69, 9.17) is 20.3 Å². The molecule has 186 valence electrons. The topological polar surface area (TPSA) is 128 Å². The van der Waals surface area contributed by atoms with Gasteiger partial charge in [0, 0.05) is 12.1 Å². The molecule has 36 heavy (non-hydrogen) atoms. The van der Waals surface area contributed by atoms with E-state index in [1.807, 2.05) is 42.5 Å². The van der Waals surface area contributed by atoms with E-state index in [1.165, 1.54) is 5.56 Å². The predicted molar refractivity (Wildman–Crippen MR) is 134 cm³/mol. The normalized spacial score (nSPS) is 19.7. The van der Waals surface area contributed by atoms with E-state index >= 15 is 0 Å². The number of ether oxygens (including phenoxy) is 2. The number of carboxylic acid groups (broad SMARTS) is 1. The van der Waals surface area contributed by atoms with Crippen molar-refractivity contribution < 1.29 is 24.2 Å². The van der Waals surface area contributed by atoms with Crippen LogP contribution in [0, 0.1) is 5.92 Å². The summed E-state index contributed by atoms with van der Waals surface area (Å²) in [5.41, 5.74) is 8.23. The summed E-state index contributed by atoms with van der Waals surface area (Å²) in [7, 11) is 0. The van der Waals surface area contributed by atoms with E-state index in [0.29, 0.717) is 18.2 Å². The maximum absolute atomic E-state index is 13.4. The molecule has 0 spiro atoms. The summed E-state index contributed by atoms with van der Waals surface area (Å²) < 4.78 is 11.4. The number of amides is 1. The van der Waals surface area contributed by atoms with Crippen molar-refractivity contribution in [3.63, 3.8) is 0 Å². The monoisotopic (exact) mass is 488 g/mol. The van der Waals surface area contributed by atoms with Crippen LogP contribution in [0.25, 0.3) is 0 Å². The first-order valence-electron chi connectivity index (χ1n) is 12.1. The highest BCUT2D eigenvalue weighted by molar-refractivity contribution is 6.10. The number of aliphatic carboxylic acids is 1. The summed E-state index contributed by atoms with van der Waals surface area (Å²) in [5, 5.41) is 9.03. The lowest BCUT2D eigenvalue weighted by Crippen LogP contribution is -2.32. The number of rotatable bonds is 6. The molecule has 9 heteroatoms. The van der Waals surface area contributed by atoms with Gasteiger partial charge in [0.2, 0.25) is 5.88 Å². The van der Waals surface area contributed by atoms with Gasteiger partial charge >= 0.3 is 12.0 Å². The Morgan fingerprint density at radius 2 is 1.78 bits per heavy atom. The Kier molecular flexibility index (Phi) is 6.71. The molecule has 0 bridgehead atoms. The molecule has 1 aromatic heterocycles. The van der Waals surface area contributed by atoms with Gasteiger partial charge < -0.3 is 25.2 Å². The lowest BCUT2D eigenvalue weighted by Gasteiger charge is -2.28. The number of hydrogen-bond acceptors (Lipinski definition) is 7. The molecule has 2 aliphatic rings. The molecule has 3 aromatic rings. The molecule has 2 heterocycles. The van der Waals surface area contributed by atoms with Crippen molar-refractivity contribution in [3.05, 3.63) is 65.7 Å². The number of nitrogens with two attached hydrogens (primary N) is 1. The lowest BCUT2D eigenvalue weighted by molar-refractivity contribution is -0.138. The van der Waals surface area contributed by atoms with Gasteiger partial charge in [-0.25, -0.2) is 0 Å². The summed E-state index contributed by atoms with van der Waals surface area (Å²) in [6.45, 7) is 0.582. The van der Waals surface area contributed by atoms with Gasteiger partial charge in [-0.1, -0.05) is 30.3 Å². The van der Waals surface area contributed by atoms with Crippen LogP contribution < -0.4 is 20.1 Å². The van der Waals surface area contributed by atoms with Crippen LogP contribution in [0.3, 0.4) is 0 Å². The zero-order valence-electron chi connectivity index (χ0n) is 19.8. The Bertz CT molecular complexity index is 1240. The van der Waals surface area contributed by atoms with Crippen LogP contribution in [0.1, 0.15) is 53.9 Å². The Labute approximate surface area is 208 Å². The molecule has 1 fully saturated rings. The molecule has 1 aliphatic carbocycles. The second kappa shape index (κ2) is 10.2. The maximum atomic E-state index is 13.4. The summed E-state index contributed by atoms with van der Waals surface area (Å²) in [6.07, 6.45) is 4.04. The van der Waals surface area contributed by atoms with Gasteiger partial charge in [0.25, 0.3) is 5.91 Å². The number of fused-ring (bicyclic) bond motifs is 1. The zero-order valence-corrected chi connectivity index (χ0v) is 19.8. The van der Waals surface area contributed by atoms with Gasteiger partial charge in [-0.15, -0.1) is 0 Å². The third kappa shape index (κ3) is 5.10. The van der Waals surface area contributed by atoms with Gasteiger partial charge in [0.15, 0.2) is 0 Å². The van der Waals surface area contributed by atoms with Crippen molar-refractivity contribution in [3.8, 4) is 17.6 Å². The first-order valence-corrected chi connectivity index (χ1v) is 12.1.